The van der Waals surface area contributed by atoms with Gasteiger partial charge in [0.15, 0.2) is 5.75 Å². The standard InChI is InChI=1S/C19H16ClN3O3/c20-15-5-3-13(4-6-15)12-26-18-11-22-16(8-17(18)24)19(25)23-10-14-2-1-7-21-9-14/h1-9,11H,10,12H2,(H,22,24)(H,23,25). The maximum Gasteiger partial charge on any atom is 0.268 e. The van der Waals surface area contributed by atoms with Gasteiger partial charge in [0.25, 0.3) is 5.91 Å². The Morgan fingerprint density at radius 2 is 2.00 bits per heavy atom. The van der Waals surface area contributed by atoms with E-state index in [0.29, 0.717) is 11.6 Å². The molecule has 0 radical (unpaired) electrons. The van der Waals surface area contributed by atoms with Gasteiger partial charge in [0.05, 0.1) is 0 Å². The van der Waals surface area contributed by atoms with E-state index in [0.717, 1.165) is 11.1 Å². The third kappa shape index (κ3) is 4.70. The molecule has 6 nitrogen and oxygen atoms in total. The van der Waals surface area contributed by atoms with E-state index in [1.54, 1.807) is 30.6 Å². The molecule has 26 heavy (non-hydrogen) atoms. The number of H-pyrrole nitrogens is 1. The zero-order valence-electron chi connectivity index (χ0n) is 13.7. The summed E-state index contributed by atoms with van der Waals surface area (Å²) in [4.78, 5) is 31.0. The summed E-state index contributed by atoms with van der Waals surface area (Å²) in [5.41, 5.74) is 1.54. The van der Waals surface area contributed by atoms with Crippen LogP contribution in [0.2, 0.25) is 5.02 Å². The Hall–Kier alpha value is -3.12. The first-order chi connectivity index (χ1) is 12.6. The number of hydrogen-bond acceptors (Lipinski definition) is 4. The maximum atomic E-state index is 12.1. The van der Waals surface area contributed by atoms with Gasteiger partial charge in [0, 0.05) is 36.2 Å². The first-order valence-electron chi connectivity index (χ1n) is 7.89. The molecule has 0 atom stereocenters. The van der Waals surface area contributed by atoms with Gasteiger partial charge >= 0.3 is 0 Å². The highest BCUT2D eigenvalue weighted by Crippen LogP contribution is 2.12. The summed E-state index contributed by atoms with van der Waals surface area (Å²) in [6.45, 7) is 0.552. The largest absolute Gasteiger partial charge is 0.483 e. The lowest BCUT2D eigenvalue weighted by Crippen LogP contribution is -2.25. The Bertz CT molecular complexity index is 940. The SMILES string of the molecule is O=C(NCc1cccnc1)c1cc(=O)c(OCc2ccc(Cl)cc2)c[nH]1. The van der Waals surface area contributed by atoms with Crippen LogP contribution in [-0.2, 0) is 13.2 Å². The van der Waals surface area contributed by atoms with Crippen molar-refractivity contribution >= 4 is 17.5 Å². The van der Waals surface area contributed by atoms with Crippen LogP contribution in [0, 0.1) is 0 Å². The molecule has 0 saturated carbocycles. The van der Waals surface area contributed by atoms with Crippen LogP contribution in [0.3, 0.4) is 0 Å². The predicted molar refractivity (Wildman–Crippen MR) is 98.3 cm³/mol. The molecule has 0 spiro atoms. The highest BCUT2D eigenvalue weighted by Gasteiger charge is 2.10. The first-order valence-corrected chi connectivity index (χ1v) is 8.27. The van der Waals surface area contributed by atoms with Crippen molar-refractivity contribution in [2.45, 2.75) is 13.2 Å². The minimum Gasteiger partial charge on any atom is -0.483 e. The smallest absolute Gasteiger partial charge is 0.268 e. The Morgan fingerprint density at radius 3 is 2.69 bits per heavy atom. The van der Waals surface area contributed by atoms with Gasteiger partial charge in [-0.2, -0.15) is 0 Å². The number of hydrogen-bond donors (Lipinski definition) is 2. The van der Waals surface area contributed by atoms with E-state index in [-0.39, 0.29) is 29.4 Å². The van der Waals surface area contributed by atoms with E-state index in [4.69, 9.17) is 16.3 Å². The molecule has 0 unspecified atom stereocenters. The Balaban J connectivity index is 1.60. The number of carbonyl (C=O) groups excluding carboxylic acids is 1. The van der Waals surface area contributed by atoms with Crippen molar-refractivity contribution in [2.75, 3.05) is 0 Å². The van der Waals surface area contributed by atoms with Crippen molar-refractivity contribution in [3.05, 3.63) is 93.1 Å². The van der Waals surface area contributed by atoms with E-state index < -0.39 is 0 Å². The van der Waals surface area contributed by atoms with Crippen molar-refractivity contribution < 1.29 is 9.53 Å². The number of nitrogens with one attached hydrogen (secondary N) is 2. The van der Waals surface area contributed by atoms with Gasteiger partial charge in [-0.05, 0) is 29.3 Å². The van der Waals surface area contributed by atoms with Crippen LogP contribution < -0.4 is 15.5 Å². The number of ether oxygens (including phenoxy) is 1. The van der Waals surface area contributed by atoms with Gasteiger partial charge in [0.2, 0.25) is 5.43 Å². The summed E-state index contributed by atoms with van der Waals surface area (Å²) in [6.07, 6.45) is 4.71. The monoisotopic (exact) mass is 369 g/mol. The van der Waals surface area contributed by atoms with Crippen LogP contribution in [-0.4, -0.2) is 15.9 Å². The van der Waals surface area contributed by atoms with E-state index in [1.807, 2.05) is 18.2 Å². The van der Waals surface area contributed by atoms with Crippen LogP contribution in [0.15, 0.2) is 65.8 Å². The number of aromatic amines is 1. The predicted octanol–water partition coefficient (Wildman–Crippen LogP) is 2.93. The third-order valence-corrected chi connectivity index (χ3v) is 3.86. The molecule has 0 aliphatic carbocycles. The number of benzene rings is 1. The molecule has 2 heterocycles. The fraction of sp³-hybridized carbons (Fsp3) is 0.105. The number of amides is 1. The molecular weight excluding hydrogens is 354 g/mol. The highest BCUT2D eigenvalue weighted by atomic mass is 35.5. The molecule has 3 aromatic rings. The second-order valence-corrected chi connectivity index (χ2v) is 5.97. The van der Waals surface area contributed by atoms with Gasteiger partial charge in [0.1, 0.15) is 12.3 Å². The molecule has 1 aromatic carbocycles. The molecule has 0 saturated heterocycles. The number of aromatic nitrogens is 2. The summed E-state index contributed by atoms with van der Waals surface area (Å²) in [6, 6.07) is 12.0. The number of rotatable bonds is 6. The van der Waals surface area contributed by atoms with E-state index in [9.17, 15) is 9.59 Å². The molecule has 7 heteroatoms. The zero-order chi connectivity index (χ0) is 18.4. The van der Waals surface area contributed by atoms with Crippen molar-refractivity contribution in [3.63, 3.8) is 0 Å². The van der Waals surface area contributed by atoms with Gasteiger partial charge < -0.3 is 15.0 Å². The molecule has 1 amide bonds. The summed E-state index contributed by atoms with van der Waals surface area (Å²) >= 11 is 5.83. The van der Waals surface area contributed by atoms with E-state index in [1.165, 1.54) is 12.3 Å². The van der Waals surface area contributed by atoms with Gasteiger partial charge in [-0.3, -0.25) is 14.6 Å². The lowest BCUT2D eigenvalue weighted by atomic mass is 10.2. The average Bonchev–Trinajstić information content (AvgIpc) is 2.67. The Morgan fingerprint density at radius 1 is 1.19 bits per heavy atom. The zero-order valence-corrected chi connectivity index (χ0v) is 14.5. The lowest BCUT2D eigenvalue weighted by Gasteiger charge is -2.08. The summed E-state index contributed by atoms with van der Waals surface area (Å²) in [7, 11) is 0. The van der Waals surface area contributed by atoms with Gasteiger partial charge in [-0.15, -0.1) is 0 Å². The molecule has 0 aliphatic heterocycles. The Labute approximate surface area is 154 Å². The molecular formula is C19H16ClN3O3. The van der Waals surface area contributed by atoms with E-state index in [2.05, 4.69) is 15.3 Å². The van der Waals surface area contributed by atoms with Crippen LogP contribution in [0.25, 0.3) is 0 Å². The molecule has 2 N–H and O–H groups in total. The second kappa shape index (κ2) is 8.31. The molecule has 3 rings (SSSR count). The Kier molecular flexibility index (Phi) is 5.66. The van der Waals surface area contributed by atoms with Crippen molar-refractivity contribution in [2.24, 2.45) is 0 Å². The number of halogens is 1. The number of nitrogens with zero attached hydrogens (tertiary/aromatic N) is 1. The van der Waals surface area contributed by atoms with Crippen LogP contribution in [0.4, 0.5) is 0 Å². The fourth-order valence-corrected chi connectivity index (χ4v) is 2.35. The fourth-order valence-electron chi connectivity index (χ4n) is 2.22. The van der Waals surface area contributed by atoms with Crippen molar-refractivity contribution in [3.8, 4) is 5.75 Å². The second-order valence-electron chi connectivity index (χ2n) is 5.53. The van der Waals surface area contributed by atoms with Crippen LogP contribution >= 0.6 is 11.6 Å². The van der Waals surface area contributed by atoms with Gasteiger partial charge in [-0.1, -0.05) is 29.8 Å². The average molecular weight is 370 g/mol. The highest BCUT2D eigenvalue weighted by molar-refractivity contribution is 6.30. The molecule has 0 fully saturated rings. The molecule has 2 aromatic heterocycles. The number of carbonyl (C=O) groups is 1. The lowest BCUT2D eigenvalue weighted by molar-refractivity contribution is 0.0945. The normalized spacial score (nSPS) is 10.3. The van der Waals surface area contributed by atoms with E-state index >= 15 is 0 Å². The van der Waals surface area contributed by atoms with Gasteiger partial charge in [-0.25, -0.2) is 0 Å². The first kappa shape index (κ1) is 17.7. The quantitative estimate of drug-likeness (QED) is 0.699. The maximum absolute atomic E-state index is 12.1. The topological polar surface area (TPSA) is 84.1 Å². The van der Waals surface area contributed by atoms with Crippen molar-refractivity contribution in [1.29, 1.82) is 0 Å². The molecule has 132 valence electrons. The molecule has 0 bridgehead atoms. The minimum atomic E-state index is -0.379. The van der Waals surface area contributed by atoms with Crippen molar-refractivity contribution in [1.82, 2.24) is 15.3 Å². The summed E-state index contributed by atoms with van der Waals surface area (Å²) < 4.78 is 5.50. The summed E-state index contributed by atoms with van der Waals surface area (Å²) in [5, 5.41) is 3.36. The van der Waals surface area contributed by atoms with Crippen LogP contribution in [0.1, 0.15) is 21.6 Å². The summed E-state index contributed by atoms with van der Waals surface area (Å²) in [5.74, 6) is -0.237. The molecule has 0 aliphatic rings. The van der Waals surface area contributed by atoms with Crippen LogP contribution in [0.5, 0.6) is 5.75 Å². The number of pyridine rings is 2. The third-order valence-electron chi connectivity index (χ3n) is 3.61. The minimum absolute atomic E-state index is 0.142.